The minimum absolute atomic E-state index is 0.0512. The summed E-state index contributed by atoms with van der Waals surface area (Å²) in [7, 11) is 0.446. The first-order valence-corrected chi connectivity index (χ1v) is 10.1. The Bertz CT molecular complexity index is 942. The zero-order valence-electron chi connectivity index (χ0n) is 16.6. The number of nitrogens with one attached hydrogen (secondary N) is 1. The minimum atomic E-state index is -3.76. The van der Waals surface area contributed by atoms with E-state index >= 15 is 0 Å². The molecule has 0 radical (unpaired) electrons. The van der Waals surface area contributed by atoms with Crippen molar-refractivity contribution in [3.05, 3.63) is 47.7 Å². The van der Waals surface area contributed by atoms with Crippen LogP contribution in [-0.2, 0) is 16.6 Å². The summed E-state index contributed by atoms with van der Waals surface area (Å²) in [6.45, 7) is 3.97. The Morgan fingerprint density at radius 2 is 1.96 bits per heavy atom. The number of nitrogens with zero attached hydrogens (tertiary/aromatic N) is 2. The van der Waals surface area contributed by atoms with Gasteiger partial charge in [-0.1, -0.05) is 6.07 Å². The van der Waals surface area contributed by atoms with E-state index in [1.54, 1.807) is 18.3 Å². The molecule has 0 bridgehead atoms. The van der Waals surface area contributed by atoms with Gasteiger partial charge in [-0.3, -0.25) is 4.79 Å². The van der Waals surface area contributed by atoms with E-state index in [0.29, 0.717) is 5.88 Å². The van der Waals surface area contributed by atoms with Crippen molar-refractivity contribution in [1.29, 1.82) is 0 Å². The van der Waals surface area contributed by atoms with Gasteiger partial charge in [0.2, 0.25) is 15.9 Å². The smallest absolute Gasteiger partial charge is 0.251 e. The number of rotatable bonds is 8. The molecule has 1 amide bonds. The molecule has 0 aliphatic heterocycles. The van der Waals surface area contributed by atoms with Gasteiger partial charge in [-0.2, -0.15) is 0 Å². The molecule has 1 heterocycles. The molecule has 0 aliphatic rings. The second kappa shape index (κ2) is 9.03. The van der Waals surface area contributed by atoms with Crippen molar-refractivity contribution >= 4 is 15.9 Å². The van der Waals surface area contributed by atoms with Crippen LogP contribution >= 0.6 is 0 Å². The lowest BCUT2D eigenvalue weighted by atomic mass is 10.2. The van der Waals surface area contributed by atoms with Crippen molar-refractivity contribution in [3.63, 3.8) is 0 Å². The number of carbonyl (C=O) groups excluding carboxylic acids is 1. The second-order valence-corrected chi connectivity index (χ2v) is 8.59. The maximum atomic E-state index is 12.6. The topological polar surface area (TPSA) is 97.8 Å². The van der Waals surface area contributed by atoms with Crippen LogP contribution in [0.25, 0.3) is 0 Å². The molecular weight excluding hydrogens is 382 g/mol. The van der Waals surface area contributed by atoms with E-state index < -0.39 is 15.9 Å². The highest BCUT2D eigenvalue weighted by molar-refractivity contribution is 7.89. The molecule has 8 nitrogen and oxygen atoms in total. The molecule has 9 heteroatoms. The molecule has 0 unspecified atom stereocenters. The van der Waals surface area contributed by atoms with Gasteiger partial charge >= 0.3 is 0 Å². The summed E-state index contributed by atoms with van der Waals surface area (Å²) in [5.74, 6) is 0.200. The van der Waals surface area contributed by atoms with Crippen LogP contribution in [0.2, 0.25) is 0 Å². The van der Waals surface area contributed by atoms with Crippen LogP contribution in [0.1, 0.15) is 29.8 Å². The number of methoxy groups -OCH3 is 1. The third kappa shape index (κ3) is 4.99. The van der Waals surface area contributed by atoms with E-state index in [-0.39, 0.29) is 28.9 Å². The number of hydrogen-bond donors (Lipinski definition) is 1. The highest BCUT2D eigenvalue weighted by Gasteiger charge is 2.24. The first-order chi connectivity index (χ1) is 13.2. The standard InChI is InChI=1S/C19H25N3O5S/c1-13(2)27-19-15(7-6-10-20-19)12-21-18(23)14-8-9-16(26-5)17(11-14)28(24,25)22(3)4/h6-11,13H,12H2,1-5H3,(H,21,23). The quantitative estimate of drug-likeness (QED) is 0.719. The number of pyridine rings is 1. The summed E-state index contributed by atoms with van der Waals surface area (Å²) in [5.41, 5.74) is 0.927. The number of amides is 1. The van der Waals surface area contributed by atoms with E-state index in [9.17, 15) is 13.2 Å². The van der Waals surface area contributed by atoms with Crippen LogP contribution in [0.3, 0.4) is 0 Å². The average molecular weight is 407 g/mol. The largest absolute Gasteiger partial charge is 0.495 e. The third-order valence-electron chi connectivity index (χ3n) is 3.82. The monoisotopic (exact) mass is 407 g/mol. The Hall–Kier alpha value is -2.65. The fraction of sp³-hybridized carbons (Fsp3) is 0.368. The van der Waals surface area contributed by atoms with Crippen molar-refractivity contribution in [3.8, 4) is 11.6 Å². The maximum Gasteiger partial charge on any atom is 0.251 e. The highest BCUT2D eigenvalue weighted by Crippen LogP contribution is 2.27. The summed E-state index contributed by atoms with van der Waals surface area (Å²) in [6, 6.07) is 7.84. The number of hydrogen-bond acceptors (Lipinski definition) is 6. The number of ether oxygens (including phenoxy) is 2. The van der Waals surface area contributed by atoms with Gasteiger partial charge < -0.3 is 14.8 Å². The number of sulfonamides is 1. The lowest BCUT2D eigenvalue weighted by Crippen LogP contribution is -2.26. The summed E-state index contributed by atoms with van der Waals surface area (Å²) in [4.78, 5) is 16.7. The Morgan fingerprint density at radius 1 is 1.25 bits per heavy atom. The second-order valence-electron chi connectivity index (χ2n) is 6.47. The molecule has 0 atom stereocenters. The molecule has 0 spiro atoms. The van der Waals surface area contributed by atoms with E-state index in [4.69, 9.17) is 9.47 Å². The molecule has 28 heavy (non-hydrogen) atoms. The molecule has 1 aromatic carbocycles. The molecule has 1 aromatic heterocycles. The van der Waals surface area contributed by atoms with E-state index in [0.717, 1.165) is 9.87 Å². The number of aromatic nitrogens is 1. The fourth-order valence-corrected chi connectivity index (χ4v) is 3.46. The van der Waals surface area contributed by atoms with Crippen molar-refractivity contribution in [1.82, 2.24) is 14.6 Å². The summed E-state index contributed by atoms with van der Waals surface area (Å²) < 4.78 is 36.8. The Labute approximate surface area is 165 Å². The highest BCUT2D eigenvalue weighted by atomic mass is 32.2. The molecule has 152 valence electrons. The zero-order valence-corrected chi connectivity index (χ0v) is 17.4. The van der Waals surface area contributed by atoms with Crippen molar-refractivity contribution < 1.29 is 22.7 Å². The summed E-state index contributed by atoms with van der Waals surface area (Å²) in [6.07, 6.45) is 1.56. The Morgan fingerprint density at radius 3 is 2.57 bits per heavy atom. The van der Waals surface area contributed by atoms with Gasteiger partial charge in [0.1, 0.15) is 10.6 Å². The Kier molecular flexibility index (Phi) is 6.98. The van der Waals surface area contributed by atoms with Crippen LogP contribution in [0.4, 0.5) is 0 Å². The average Bonchev–Trinajstić information content (AvgIpc) is 2.65. The first-order valence-electron chi connectivity index (χ1n) is 8.66. The Balaban J connectivity index is 2.24. The molecular formula is C19H25N3O5S. The van der Waals surface area contributed by atoms with Crippen LogP contribution in [0.15, 0.2) is 41.4 Å². The van der Waals surface area contributed by atoms with Gasteiger partial charge in [-0.05, 0) is 38.1 Å². The van der Waals surface area contributed by atoms with Gasteiger partial charge in [-0.25, -0.2) is 17.7 Å². The van der Waals surface area contributed by atoms with Gasteiger partial charge in [0.15, 0.2) is 0 Å². The van der Waals surface area contributed by atoms with Gasteiger partial charge in [-0.15, -0.1) is 0 Å². The first kappa shape index (κ1) is 21.6. The van der Waals surface area contributed by atoms with Gasteiger partial charge in [0, 0.05) is 38.0 Å². The number of carbonyl (C=O) groups is 1. The third-order valence-corrected chi connectivity index (χ3v) is 5.66. The van der Waals surface area contributed by atoms with Gasteiger partial charge in [0.25, 0.3) is 5.91 Å². The summed E-state index contributed by atoms with van der Waals surface area (Å²) in [5, 5.41) is 2.77. The predicted octanol–water partition coefficient (Wildman–Crippen LogP) is 2.06. The molecule has 2 aromatic rings. The van der Waals surface area contributed by atoms with Crippen LogP contribution in [0.5, 0.6) is 11.6 Å². The summed E-state index contributed by atoms with van der Waals surface area (Å²) >= 11 is 0. The van der Waals surface area contributed by atoms with Crippen LogP contribution < -0.4 is 14.8 Å². The van der Waals surface area contributed by atoms with E-state index in [1.165, 1.54) is 39.4 Å². The zero-order chi connectivity index (χ0) is 20.9. The molecule has 0 saturated carbocycles. The van der Waals surface area contributed by atoms with Crippen LogP contribution in [-0.4, -0.2) is 50.9 Å². The number of benzene rings is 1. The van der Waals surface area contributed by atoms with Crippen molar-refractivity contribution in [2.24, 2.45) is 0 Å². The molecule has 0 fully saturated rings. The predicted molar refractivity (Wildman–Crippen MR) is 105 cm³/mol. The fourth-order valence-electron chi connectivity index (χ4n) is 2.38. The molecule has 1 N–H and O–H groups in total. The molecule has 2 rings (SSSR count). The van der Waals surface area contributed by atoms with Crippen LogP contribution in [0, 0.1) is 0 Å². The molecule has 0 saturated heterocycles. The SMILES string of the molecule is COc1ccc(C(=O)NCc2cccnc2OC(C)C)cc1S(=O)(=O)N(C)C. The minimum Gasteiger partial charge on any atom is -0.495 e. The normalized spacial score (nSPS) is 11.5. The van der Waals surface area contributed by atoms with Crippen molar-refractivity contribution in [2.75, 3.05) is 21.2 Å². The maximum absolute atomic E-state index is 12.6. The van der Waals surface area contributed by atoms with E-state index in [1.807, 2.05) is 13.8 Å². The van der Waals surface area contributed by atoms with Crippen molar-refractivity contribution in [2.45, 2.75) is 31.4 Å². The van der Waals surface area contributed by atoms with Gasteiger partial charge in [0.05, 0.1) is 13.2 Å². The lowest BCUT2D eigenvalue weighted by molar-refractivity contribution is 0.0950. The van der Waals surface area contributed by atoms with E-state index in [2.05, 4.69) is 10.3 Å². The lowest BCUT2D eigenvalue weighted by Gasteiger charge is -2.16. The molecule has 0 aliphatic carbocycles.